The number of rotatable bonds is 14. The lowest BCUT2D eigenvalue weighted by molar-refractivity contribution is 0.165. The Labute approximate surface area is 210 Å². The maximum atomic E-state index is 5.40. The summed E-state index contributed by atoms with van der Waals surface area (Å²) in [6.45, 7) is 10.2. The second-order valence-corrected chi connectivity index (χ2v) is 8.55. The summed E-state index contributed by atoms with van der Waals surface area (Å²) in [5, 5.41) is 0. The minimum absolute atomic E-state index is 0.652. The number of aryl methyl sites for hydroxylation is 3. The van der Waals surface area contributed by atoms with Crippen molar-refractivity contribution in [1.82, 2.24) is 24.8 Å². The molecule has 0 aliphatic heterocycles. The van der Waals surface area contributed by atoms with E-state index in [2.05, 4.69) is 66.2 Å². The van der Waals surface area contributed by atoms with Crippen molar-refractivity contribution in [3.8, 4) is 0 Å². The Bertz CT molecular complexity index is 1020. The van der Waals surface area contributed by atoms with Crippen molar-refractivity contribution in [2.45, 2.75) is 59.7 Å². The third-order valence-electron chi connectivity index (χ3n) is 6.23. The molecular weight excluding hydrogens is 434 g/mol. The van der Waals surface area contributed by atoms with Gasteiger partial charge in [-0.3, -0.25) is 15.0 Å². The Balaban J connectivity index is 1.88. The van der Waals surface area contributed by atoms with E-state index in [9.17, 15) is 0 Å². The van der Waals surface area contributed by atoms with Gasteiger partial charge in [-0.2, -0.15) is 0 Å². The van der Waals surface area contributed by atoms with Crippen LogP contribution in [0, 0.1) is 0 Å². The molecule has 0 saturated heterocycles. The maximum absolute atomic E-state index is 5.40. The summed E-state index contributed by atoms with van der Waals surface area (Å²) in [5.74, 6) is 0. The van der Waals surface area contributed by atoms with E-state index in [0.29, 0.717) is 6.61 Å². The molecule has 3 aromatic rings. The molecule has 0 aliphatic rings. The van der Waals surface area contributed by atoms with Gasteiger partial charge in [0.15, 0.2) is 0 Å². The first kappa shape index (κ1) is 26.4. The van der Waals surface area contributed by atoms with Gasteiger partial charge in [-0.05, 0) is 54.2 Å². The van der Waals surface area contributed by atoms with Gasteiger partial charge in [-0.1, -0.05) is 39.0 Å². The Morgan fingerprint density at radius 2 is 1.06 bits per heavy atom. The molecule has 0 aromatic carbocycles. The average molecular weight is 474 g/mol. The summed E-state index contributed by atoms with van der Waals surface area (Å²) in [5.41, 5.74) is 7.16. The molecular formula is C29H39N5O. The molecule has 0 N–H and O–H groups in total. The molecule has 0 saturated carbocycles. The lowest BCUT2D eigenvalue weighted by Crippen LogP contribution is -2.25. The monoisotopic (exact) mass is 473 g/mol. The molecule has 0 unspecified atom stereocenters. The number of nitrogens with zero attached hydrogens (tertiary/aromatic N) is 5. The van der Waals surface area contributed by atoms with E-state index in [0.717, 1.165) is 62.5 Å². The van der Waals surface area contributed by atoms with E-state index in [4.69, 9.17) is 14.7 Å². The number of hydrogen-bond acceptors (Lipinski definition) is 6. The van der Waals surface area contributed by atoms with E-state index < -0.39 is 0 Å². The van der Waals surface area contributed by atoms with Crippen LogP contribution in [0.5, 0.6) is 0 Å². The summed E-state index contributed by atoms with van der Waals surface area (Å²) in [7, 11) is 1.74. The Hall–Kier alpha value is -3.25. The lowest BCUT2D eigenvalue weighted by Gasteiger charge is -2.25. The van der Waals surface area contributed by atoms with Gasteiger partial charge in [0.2, 0.25) is 0 Å². The molecule has 0 fully saturated rings. The van der Waals surface area contributed by atoms with Gasteiger partial charge in [0.05, 0.1) is 43.3 Å². The van der Waals surface area contributed by atoms with E-state index in [1.807, 2.05) is 36.8 Å². The van der Waals surface area contributed by atoms with Crippen molar-refractivity contribution in [1.29, 1.82) is 0 Å². The second-order valence-electron chi connectivity index (χ2n) is 8.55. The van der Waals surface area contributed by atoms with Crippen LogP contribution in [0.2, 0.25) is 0 Å². The van der Waals surface area contributed by atoms with Crippen molar-refractivity contribution < 1.29 is 4.74 Å². The Morgan fingerprint density at radius 1 is 0.657 bits per heavy atom. The summed E-state index contributed by atoms with van der Waals surface area (Å²) in [4.78, 5) is 18.6. The third-order valence-corrected chi connectivity index (χ3v) is 6.23. The van der Waals surface area contributed by atoms with Gasteiger partial charge in [-0.25, -0.2) is 0 Å². The van der Waals surface area contributed by atoms with Crippen LogP contribution in [0.25, 0.3) is 0 Å². The minimum Gasteiger partial charge on any atom is -0.383 e. The summed E-state index contributed by atoms with van der Waals surface area (Å²) in [6.07, 6.45) is 12.9. The van der Waals surface area contributed by atoms with Crippen LogP contribution in [-0.4, -0.2) is 45.0 Å². The van der Waals surface area contributed by atoms with Crippen LogP contribution in [0.15, 0.2) is 67.4 Å². The largest absolute Gasteiger partial charge is 0.383 e. The third kappa shape index (κ3) is 7.89. The molecule has 3 rings (SSSR count). The van der Waals surface area contributed by atoms with Crippen LogP contribution < -0.4 is 0 Å². The van der Waals surface area contributed by atoms with Crippen molar-refractivity contribution >= 4 is 0 Å². The average Bonchev–Trinajstić information content (AvgIpc) is 2.90. The summed E-state index contributed by atoms with van der Waals surface area (Å²) < 4.78 is 5.40. The van der Waals surface area contributed by atoms with Crippen molar-refractivity contribution in [2.24, 2.45) is 0 Å². The van der Waals surface area contributed by atoms with E-state index in [-0.39, 0.29) is 0 Å². The summed E-state index contributed by atoms with van der Waals surface area (Å²) >= 11 is 0. The van der Waals surface area contributed by atoms with Gasteiger partial charge in [0, 0.05) is 44.6 Å². The van der Waals surface area contributed by atoms with Crippen LogP contribution in [0.4, 0.5) is 0 Å². The Morgan fingerprint density at radius 3 is 1.46 bits per heavy atom. The highest BCUT2D eigenvalue weighted by Gasteiger charge is 2.12. The zero-order chi connectivity index (χ0) is 24.9. The lowest BCUT2D eigenvalue weighted by atomic mass is 10.1. The van der Waals surface area contributed by atoms with Crippen molar-refractivity contribution in [2.75, 3.05) is 20.3 Å². The first-order valence-electron chi connectivity index (χ1n) is 12.6. The fourth-order valence-corrected chi connectivity index (χ4v) is 4.15. The topological polar surface area (TPSA) is 54.4 Å². The van der Waals surface area contributed by atoms with Crippen molar-refractivity contribution in [3.05, 3.63) is 101 Å². The van der Waals surface area contributed by atoms with Gasteiger partial charge in [0.1, 0.15) is 0 Å². The predicted molar refractivity (Wildman–Crippen MR) is 142 cm³/mol. The zero-order valence-electron chi connectivity index (χ0n) is 21.7. The Kier molecular flexibility index (Phi) is 10.7. The molecule has 35 heavy (non-hydrogen) atoms. The van der Waals surface area contributed by atoms with Crippen LogP contribution in [0.1, 0.15) is 54.5 Å². The molecule has 0 atom stereocenters. The molecule has 186 valence electrons. The first-order chi connectivity index (χ1) is 17.2. The SMILES string of the molecule is CCc1cccnc1CN(C=CN(Cc1ncccc1CC)Cc1ncccc1CC)CCOC. The second kappa shape index (κ2) is 14.2. The van der Waals surface area contributed by atoms with E-state index in [1.54, 1.807) is 7.11 Å². The molecule has 0 spiro atoms. The highest BCUT2D eigenvalue weighted by Crippen LogP contribution is 2.16. The number of hydrogen-bond donors (Lipinski definition) is 0. The van der Waals surface area contributed by atoms with Crippen molar-refractivity contribution in [3.63, 3.8) is 0 Å². The molecule has 0 radical (unpaired) electrons. The number of ether oxygens (including phenoxy) is 1. The minimum atomic E-state index is 0.652. The van der Waals surface area contributed by atoms with E-state index in [1.165, 1.54) is 16.7 Å². The normalized spacial score (nSPS) is 11.2. The van der Waals surface area contributed by atoms with E-state index >= 15 is 0 Å². The molecule has 6 heteroatoms. The maximum Gasteiger partial charge on any atom is 0.0637 e. The van der Waals surface area contributed by atoms with Gasteiger partial charge >= 0.3 is 0 Å². The molecule has 3 heterocycles. The fraction of sp³-hybridized carbons (Fsp3) is 0.414. The number of aromatic nitrogens is 3. The van der Waals surface area contributed by atoms with Gasteiger partial charge < -0.3 is 14.5 Å². The molecule has 0 bridgehead atoms. The fourth-order valence-electron chi connectivity index (χ4n) is 4.15. The molecule has 0 aliphatic carbocycles. The predicted octanol–water partition coefficient (Wildman–Crippen LogP) is 5.18. The highest BCUT2D eigenvalue weighted by atomic mass is 16.5. The smallest absolute Gasteiger partial charge is 0.0637 e. The van der Waals surface area contributed by atoms with Crippen LogP contribution in [0.3, 0.4) is 0 Å². The molecule has 3 aromatic heterocycles. The van der Waals surface area contributed by atoms with Gasteiger partial charge in [0.25, 0.3) is 0 Å². The molecule has 6 nitrogen and oxygen atoms in total. The highest BCUT2D eigenvalue weighted by molar-refractivity contribution is 5.23. The van der Waals surface area contributed by atoms with Crippen LogP contribution >= 0.6 is 0 Å². The van der Waals surface area contributed by atoms with Gasteiger partial charge in [-0.15, -0.1) is 0 Å². The number of methoxy groups -OCH3 is 1. The quantitative estimate of drug-likeness (QED) is 0.322. The number of pyridine rings is 3. The first-order valence-corrected chi connectivity index (χ1v) is 12.6. The standard InChI is InChI=1S/C29H39N5O/c1-5-24-11-8-14-30-27(24)21-33(19-20-35-4)17-18-34(22-28-25(6-2)12-9-15-31-28)23-29-26(7-3)13-10-16-32-29/h8-18H,5-7,19-23H2,1-4H3. The zero-order valence-corrected chi connectivity index (χ0v) is 21.7. The summed E-state index contributed by atoms with van der Waals surface area (Å²) in [6, 6.07) is 12.5. The van der Waals surface area contributed by atoms with Crippen LogP contribution in [-0.2, 0) is 43.6 Å². The molecule has 0 amide bonds.